The van der Waals surface area contributed by atoms with Crippen LogP contribution in [0.1, 0.15) is 24.2 Å². The van der Waals surface area contributed by atoms with Crippen LogP contribution in [0.25, 0.3) is 22.4 Å². The molecule has 9 heteroatoms. The number of para-hydroxylation sites is 1. The lowest BCUT2D eigenvalue weighted by molar-refractivity contribution is 0.627. The summed E-state index contributed by atoms with van der Waals surface area (Å²) in [7, 11) is 0. The molecule has 32 heavy (non-hydrogen) atoms. The minimum absolute atomic E-state index is 0.196. The van der Waals surface area contributed by atoms with Crippen LogP contribution in [0, 0.1) is 12.7 Å². The Morgan fingerprint density at radius 1 is 0.969 bits per heavy atom. The average Bonchev–Trinajstić information content (AvgIpc) is 3.39. The number of anilines is 1. The Hall–Kier alpha value is -4.27. The molecule has 0 saturated carbocycles. The second kappa shape index (κ2) is 7.77. The lowest BCUT2D eigenvalue weighted by atomic mass is 10.1. The quantitative estimate of drug-likeness (QED) is 0.442. The van der Waals surface area contributed by atoms with Gasteiger partial charge in [-0.15, -0.1) is 0 Å². The van der Waals surface area contributed by atoms with Crippen molar-refractivity contribution in [3.8, 4) is 11.4 Å². The lowest BCUT2D eigenvalue weighted by Gasteiger charge is -2.14. The molecule has 0 radical (unpaired) electrons. The van der Waals surface area contributed by atoms with E-state index in [0.29, 0.717) is 17.0 Å². The maximum absolute atomic E-state index is 13.3. The standard InChI is InChI=1S/C23H20FN7O/c1-14(19-12-25-30(15(19)2)18-10-8-16(24)9-11-18)27-23-28-21-20(22(32)29-23)13-26-31(21)17-6-4-3-5-7-17/h3-14H,1-2H3,(H2,27,28,29,32). The molecule has 5 aromatic rings. The molecule has 0 aliphatic rings. The van der Waals surface area contributed by atoms with E-state index in [1.165, 1.54) is 18.3 Å². The van der Waals surface area contributed by atoms with Gasteiger partial charge >= 0.3 is 0 Å². The lowest BCUT2D eigenvalue weighted by Crippen LogP contribution is -2.16. The Balaban J connectivity index is 1.47. The summed E-state index contributed by atoms with van der Waals surface area (Å²) in [5, 5.41) is 12.4. The van der Waals surface area contributed by atoms with Crippen molar-refractivity contribution in [2.45, 2.75) is 19.9 Å². The molecule has 1 unspecified atom stereocenters. The molecular formula is C23H20FN7O. The van der Waals surface area contributed by atoms with Gasteiger partial charge in [0.25, 0.3) is 5.56 Å². The van der Waals surface area contributed by atoms with Gasteiger partial charge in [0.05, 0.1) is 29.8 Å². The van der Waals surface area contributed by atoms with Crippen LogP contribution in [0.2, 0.25) is 0 Å². The number of aromatic amines is 1. The molecule has 1 atom stereocenters. The molecular weight excluding hydrogens is 409 g/mol. The van der Waals surface area contributed by atoms with Gasteiger partial charge in [0.2, 0.25) is 5.95 Å². The van der Waals surface area contributed by atoms with E-state index in [0.717, 1.165) is 22.6 Å². The number of halogens is 1. The SMILES string of the molecule is Cc1c(C(C)Nc2nc3c(cnn3-c3ccccc3)c(=O)[nH]2)cnn1-c1ccc(F)cc1. The summed E-state index contributed by atoms with van der Waals surface area (Å²) in [5.74, 6) is 0.0376. The fourth-order valence-corrected chi connectivity index (χ4v) is 3.72. The molecule has 3 aromatic heterocycles. The fourth-order valence-electron chi connectivity index (χ4n) is 3.72. The van der Waals surface area contributed by atoms with Gasteiger partial charge in [-0.05, 0) is 50.2 Å². The van der Waals surface area contributed by atoms with E-state index in [1.807, 2.05) is 44.2 Å². The molecule has 3 heterocycles. The molecule has 0 bridgehead atoms. The molecule has 0 spiro atoms. The highest BCUT2D eigenvalue weighted by atomic mass is 19.1. The number of rotatable bonds is 5. The highest BCUT2D eigenvalue weighted by Crippen LogP contribution is 2.23. The first-order chi connectivity index (χ1) is 15.5. The number of hydrogen-bond acceptors (Lipinski definition) is 5. The van der Waals surface area contributed by atoms with Crippen LogP contribution in [-0.4, -0.2) is 29.5 Å². The minimum atomic E-state index is -0.297. The van der Waals surface area contributed by atoms with Crippen LogP contribution < -0.4 is 10.9 Å². The van der Waals surface area contributed by atoms with E-state index in [2.05, 4.69) is 25.5 Å². The third kappa shape index (κ3) is 3.43. The Labute approximate surface area is 182 Å². The van der Waals surface area contributed by atoms with E-state index in [9.17, 15) is 9.18 Å². The van der Waals surface area contributed by atoms with E-state index in [-0.39, 0.29) is 17.4 Å². The maximum atomic E-state index is 13.3. The van der Waals surface area contributed by atoms with Crippen molar-refractivity contribution < 1.29 is 4.39 Å². The predicted octanol–water partition coefficient (Wildman–Crippen LogP) is 3.92. The molecule has 160 valence electrons. The summed E-state index contributed by atoms with van der Waals surface area (Å²) in [4.78, 5) is 20.0. The van der Waals surface area contributed by atoms with Crippen molar-refractivity contribution in [2.24, 2.45) is 0 Å². The summed E-state index contributed by atoms with van der Waals surface area (Å²) in [6.07, 6.45) is 3.26. The molecule has 2 N–H and O–H groups in total. The van der Waals surface area contributed by atoms with Crippen molar-refractivity contribution in [1.82, 2.24) is 29.5 Å². The van der Waals surface area contributed by atoms with Crippen molar-refractivity contribution >= 4 is 17.0 Å². The number of nitrogens with zero attached hydrogens (tertiary/aromatic N) is 5. The third-order valence-electron chi connectivity index (χ3n) is 5.38. The third-order valence-corrected chi connectivity index (χ3v) is 5.38. The Kier molecular flexibility index (Phi) is 4.78. The summed E-state index contributed by atoms with van der Waals surface area (Å²) in [6, 6.07) is 15.5. The van der Waals surface area contributed by atoms with Crippen LogP contribution in [0.5, 0.6) is 0 Å². The van der Waals surface area contributed by atoms with E-state index in [1.54, 1.807) is 27.7 Å². The molecule has 0 saturated heterocycles. The van der Waals surface area contributed by atoms with Crippen molar-refractivity contribution in [1.29, 1.82) is 0 Å². The number of aromatic nitrogens is 6. The topological polar surface area (TPSA) is 93.4 Å². The summed E-state index contributed by atoms with van der Waals surface area (Å²) in [5.41, 5.74) is 3.60. The molecule has 0 aliphatic heterocycles. The van der Waals surface area contributed by atoms with Crippen LogP contribution in [0.4, 0.5) is 10.3 Å². The Morgan fingerprint density at radius 2 is 1.66 bits per heavy atom. The predicted molar refractivity (Wildman–Crippen MR) is 120 cm³/mol. The summed E-state index contributed by atoms with van der Waals surface area (Å²) >= 11 is 0. The van der Waals surface area contributed by atoms with Crippen LogP contribution in [0.3, 0.4) is 0 Å². The first-order valence-electron chi connectivity index (χ1n) is 10.1. The van der Waals surface area contributed by atoms with Gasteiger partial charge < -0.3 is 5.32 Å². The molecule has 8 nitrogen and oxygen atoms in total. The van der Waals surface area contributed by atoms with Gasteiger partial charge in [-0.3, -0.25) is 9.78 Å². The van der Waals surface area contributed by atoms with Gasteiger partial charge in [-0.2, -0.15) is 15.2 Å². The highest BCUT2D eigenvalue weighted by Gasteiger charge is 2.17. The zero-order chi connectivity index (χ0) is 22.2. The van der Waals surface area contributed by atoms with Gasteiger partial charge in [0.15, 0.2) is 5.65 Å². The monoisotopic (exact) mass is 429 g/mol. The molecule has 0 fully saturated rings. The normalized spacial score (nSPS) is 12.2. The molecule has 0 aliphatic carbocycles. The van der Waals surface area contributed by atoms with Crippen LogP contribution in [0.15, 0.2) is 71.8 Å². The molecule has 2 aromatic carbocycles. The van der Waals surface area contributed by atoms with E-state index < -0.39 is 0 Å². The number of hydrogen-bond donors (Lipinski definition) is 2. The second-order valence-electron chi connectivity index (χ2n) is 7.48. The average molecular weight is 429 g/mol. The van der Waals surface area contributed by atoms with Gasteiger partial charge in [-0.25, -0.2) is 13.8 Å². The van der Waals surface area contributed by atoms with Crippen molar-refractivity contribution in [3.63, 3.8) is 0 Å². The van der Waals surface area contributed by atoms with Crippen LogP contribution in [-0.2, 0) is 0 Å². The van der Waals surface area contributed by atoms with Crippen LogP contribution >= 0.6 is 0 Å². The van der Waals surface area contributed by atoms with E-state index >= 15 is 0 Å². The van der Waals surface area contributed by atoms with Gasteiger partial charge in [-0.1, -0.05) is 18.2 Å². The number of benzene rings is 2. The summed E-state index contributed by atoms with van der Waals surface area (Å²) in [6.45, 7) is 3.89. The first kappa shape index (κ1) is 19.7. The van der Waals surface area contributed by atoms with Crippen molar-refractivity contribution in [3.05, 3.63) is 94.4 Å². The number of H-pyrrole nitrogens is 1. The molecule has 5 rings (SSSR count). The number of fused-ring (bicyclic) bond motifs is 1. The van der Waals surface area contributed by atoms with Crippen molar-refractivity contribution in [2.75, 3.05) is 5.32 Å². The Morgan fingerprint density at radius 3 is 2.41 bits per heavy atom. The Bertz CT molecular complexity index is 1450. The van der Waals surface area contributed by atoms with E-state index in [4.69, 9.17) is 0 Å². The largest absolute Gasteiger partial charge is 0.349 e. The zero-order valence-electron chi connectivity index (χ0n) is 17.5. The molecule has 0 amide bonds. The maximum Gasteiger partial charge on any atom is 0.263 e. The number of nitrogens with one attached hydrogen (secondary N) is 2. The zero-order valence-corrected chi connectivity index (χ0v) is 17.5. The summed E-state index contributed by atoms with van der Waals surface area (Å²) < 4.78 is 16.6. The smallest absolute Gasteiger partial charge is 0.263 e. The first-order valence-corrected chi connectivity index (χ1v) is 10.1. The van der Waals surface area contributed by atoms with Gasteiger partial charge in [0, 0.05) is 11.3 Å². The highest BCUT2D eigenvalue weighted by molar-refractivity contribution is 5.76. The van der Waals surface area contributed by atoms with Gasteiger partial charge in [0.1, 0.15) is 11.2 Å². The minimum Gasteiger partial charge on any atom is -0.349 e. The second-order valence-corrected chi connectivity index (χ2v) is 7.48. The fraction of sp³-hybridized carbons (Fsp3) is 0.130.